The zero-order valence-electron chi connectivity index (χ0n) is 18.2. The second-order valence-corrected chi connectivity index (χ2v) is 11.7. The third kappa shape index (κ3) is 2.96. The fourth-order valence-electron chi connectivity index (χ4n) is 8.98. The number of carboxylic acids is 1. The maximum absolute atomic E-state index is 11.7. The first-order valence-electron chi connectivity index (χ1n) is 11.6. The molecule has 0 aromatic heterocycles. The number of hydrogen-bond acceptors (Lipinski definition) is 3. The molecule has 0 aliphatic heterocycles. The van der Waals surface area contributed by atoms with E-state index in [4.69, 9.17) is 0 Å². The molecule has 0 bridgehead atoms. The van der Waals surface area contributed by atoms with Crippen LogP contribution in [0.15, 0.2) is 0 Å². The summed E-state index contributed by atoms with van der Waals surface area (Å²) < 4.78 is 0. The lowest BCUT2D eigenvalue weighted by Gasteiger charge is -2.65. The third-order valence-corrected chi connectivity index (χ3v) is 10.3. The lowest BCUT2D eigenvalue weighted by molar-refractivity contribution is -0.213. The van der Waals surface area contributed by atoms with Gasteiger partial charge in [-0.3, -0.25) is 4.79 Å². The summed E-state index contributed by atoms with van der Waals surface area (Å²) in [6.07, 6.45) is 8.24. The Morgan fingerprint density at radius 2 is 1.68 bits per heavy atom. The molecule has 0 spiro atoms. The molecule has 4 saturated carbocycles. The van der Waals surface area contributed by atoms with Crippen molar-refractivity contribution in [2.75, 3.05) is 0 Å². The number of carboxylic acid groups (broad SMARTS) is 1. The summed E-state index contributed by atoms with van der Waals surface area (Å²) in [6, 6.07) is 0. The van der Waals surface area contributed by atoms with Gasteiger partial charge in [0.05, 0.1) is 11.7 Å². The highest BCUT2D eigenvalue weighted by atomic mass is 16.4. The highest BCUT2D eigenvalue weighted by molar-refractivity contribution is 5.67. The van der Waals surface area contributed by atoms with Crippen LogP contribution in [-0.4, -0.2) is 33.0 Å². The van der Waals surface area contributed by atoms with Gasteiger partial charge in [-0.05, 0) is 105 Å². The number of hydrogen-bond donors (Lipinski definition) is 3. The first kappa shape index (κ1) is 20.7. The van der Waals surface area contributed by atoms with Gasteiger partial charge < -0.3 is 15.3 Å². The van der Waals surface area contributed by atoms with E-state index in [1.165, 1.54) is 0 Å². The van der Waals surface area contributed by atoms with Gasteiger partial charge in [-0.1, -0.05) is 20.8 Å². The smallest absolute Gasteiger partial charge is 0.303 e. The molecule has 0 heterocycles. The van der Waals surface area contributed by atoms with Crippen LogP contribution >= 0.6 is 0 Å². The zero-order valence-corrected chi connectivity index (χ0v) is 18.2. The minimum Gasteiger partial charge on any atom is -0.481 e. The average Bonchev–Trinajstić information content (AvgIpc) is 2.93. The van der Waals surface area contributed by atoms with Gasteiger partial charge in [0.1, 0.15) is 0 Å². The van der Waals surface area contributed by atoms with E-state index < -0.39 is 11.6 Å². The van der Waals surface area contributed by atoms with Gasteiger partial charge in [0.15, 0.2) is 0 Å². The molecular formula is C24H40O4. The monoisotopic (exact) mass is 392 g/mol. The predicted octanol–water partition coefficient (Wildman–Crippen LogP) is 4.48. The van der Waals surface area contributed by atoms with Crippen molar-refractivity contribution in [3.63, 3.8) is 0 Å². The quantitative estimate of drug-likeness (QED) is 0.662. The van der Waals surface area contributed by atoms with E-state index in [0.29, 0.717) is 29.6 Å². The minimum atomic E-state index is -0.686. The summed E-state index contributed by atoms with van der Waals surface area (Å²) in [4.78, 5) is 11.3. The number of fused-ring (bicyclic) bond motifs is 5. The van der Waals surface area contributed by atoms with Crippen LogP contribution in [0.5, 0.6) is 0 Å². The molecule has 0 saturated heterocycles. The second kappa shape index (κ2) is 6.70. The van der Waals surface area contributed by atoms with E-state index >= 15 is 0 Å². The summed E-state index contributed by atoms with van der Waals surface area (Å²) in [5.74, 6) is 1.71. The number of rotatable bonds is 3. The van der Waals surface area contributed by atoms with Crippen molar-refractivity contribution >= 4 is 5.97 Å². The van der Waals surface area contributed by atoms with Crippen LogP contribution in [0.25, 0.3) is 0 Å². The number of aliphatic hydroxyl groups excluding tert-OH is 1. The van der Waals surface area contributed by atoms with Crippen LogP contribution < -0.4 is 0 Å². The van der Waals surface area contributed by atoms with Crippen molar-refractivity contribution < 1.29 is 20.1 Å². The van der Waals surface area contributed by atoms with Gasteiger partial charge in [-0.25, -0.2) is 0 Å². The summed E-state index contributed by atoms with van der Waals surface area (Å²) in [5, 5.41) is 31.2. The Labute approximate surface area is 170 Å². The van der Waals surface area contributed by atoms with Crippen molar-refractivity contribution in [3.05, 3.63) is 0 Å². The maximum Gasteiger partial charge on any atom is 0.303 e. The number of aliphatic hydroxyl groups is 2. The SMILES string of the molecule is CC(CC(=O)O)C1CCC2C3C(CCC12C)C1(C)CC[C@@H](O)CC1C[C@@]3(C)O. The van der Waals surface area contributed by atoms with Crippen molar-refractivity contribution in [1.29, 1.82) is 0 Å². The molecular weight excluding hydrogens is 352 g/mol. The van der Waals surface area contributed by atoms with Gasteiger partial charge in [0.25, 0.3) is 0 Å². The van der Waals surface area contributed by atoms with E-state index in [-0.39, 0.29) is 29.3 Å². The standard InChI is InChI=1S/C24H40O4/c1-14(11-20(26)27)17-5-6-18-21-19(8-10-23(17,18)3)22(2)9-7-16(25)12-15(22)13-24(21,4)28/h14-19,21,25,28H,5-13H2,1-4H3,(H,26,27)/t14?,15?,16-,17?,18?,19?,21?,22?,23?,24-/m1/s1. The molecule has 4 heteroatoms. The van der Waals surface area contributed by atoms with Gasteiger partial charge >= 0.3 is 5.97 Å². The van der Waals surface area contributed by atoms with Crippen molar-refractivity contribution in [1.82, 2.24) is 0 Å². The molecule has 4 rings (SSSR count). The molecule has 4 aliphatic rings. The first-order valence-corrected chi connectivity index (χ1v) is 11.6. The normalized spacial score (nSPS) is 54.4. The van der Waals surface area contributed by atoms with Crippen LogP contribution in [0.1, 0.15) is 85.5 Å². The van der Waals surface area contributed by atoms with Gasteiger partial charge in [0.2, 0.25) is 0 Å². The third-order valence-electron chi connectivity index (χ3n) is 10.3. The lowest BCUT2D eigenvalue weighted by Crippen LogP contribution is -2.62. The number of aliphatic carboxylic acids is 1. The number of carbonyl (C=O) groups is 1. The van der Waals surface area contributed by atoms with Gasteiger partial charge in [-0.15, -0.1) is 0 Å². The van der Waals surface area contributed by atoms with Crippen LogP contribution in [0, 0.1) is 46.3 Å². The van der Waals surface area contributed by atoms with E-state index in [9.17, 15) is 20.1 Å². The van der Waals surface area contributed by atoms with Crippen LogP contribution in [0.2, 0.25) is 0 Å². The fraction of sp³-hybridized carbons (Fsp3) is 0.958. The van der Waals surface area contributed by atoms with Crippen molar-refractivity contribution in [2.24, 2.45) is 46.3 Å². The summed E-state index contributed by atoms with van der Waals surface area (Å²) in [5.41, 5.74) is -0.293. The maximum atomic E-state index is 11.7. The molecule has 4 aliphatic carbocycles. The van der Waals surface area contributed by atoms with E-state index in [1.54, 1.807) is 0 Å². The molecule has 0 radical (unpaired) electrons. The predicted molar refractivity (Wildman–Crippen MR) is 109 cm³/mol. The summed E-state index contributed by atoms with van der Waals surface area (Å²) in [7, 11) is 0. The van der Waals surface area contributed by atoms with Crippen LogP contribution in [0.3, 0.4) is 0 Å². The van der Waals surface area contributed by atoms with Gasteiger partial charge in [0, 0.05) is 6.42 Å². The summed E-state index contributed by atoms with van der Waals surface area (Å²) in [6.45, 7) is 9.03. The Bertz CT molecular complexity index is 630. The van der Waals surface area contributed by atoms with Crippen LogP contribution in [0.4, 0.5) is 0 Å². The molecule has 4 nitrogen and oxygen atoms in total. The van der Waals surface area contributed by atoms with Crippen molar-refractivity contribution in [2.45, 2.75) is 97.2 Å². The van der Waals surface area contributed by atoms with Crippen molar-refractivity contribution in [3.8, 4) is 0 Å². The van der Waals surface area contributed by atoms with E-state index in [1.807, 2.05) is 0 Å². The average molecular weight is 393 g/mol. The molecule has 8 unspecified atom stereocenters. The first-order chi connectivity index (χ1) is 13.0. The summed E-state index contributed by atoms with van der Waals surface area (Å²) >= 11 is 0. The zero-order chi connectivity index (χ0) is 20.5. The van der Waals surface area contributed by atoms with Gasteiger partial charge in [-0.2, -0.15) is 0 Å². The highest BCUT2D eigenvalue weighted by Crippen LogP contribution is 2.70. The van der Waals surface area contributed by atoms with Crippen LogP contribution in [-0.2, 0) is 4.79 Å². The second-order valence-electron chi connectivity index (χ2n) is 11.7. The Kier molecular flexibility index (Phi) is 4.94. The molecule has 10 atom stereocenters. The highest BCUT2D eigenvalue weighted by Gasteiger charge is 2.65. The molecule has 0 aromatic rings. The Morgan fingerprint density at radius 1 is 1.04 bits per heavy atom. The molecule has 160 valence electrons. The minimum absolute atomic E-state index is 0.150. The van der Waals surface area contributed by atoms with E-state index in [2.05, 4.69) is 27.7 Å². The molecule has 3 N–H and O–H groups in total. The lowest BCUT2D eigenvalue weighted by atomic mass is 9.41. The molecule has 0 aromatic carbocycles. The molecule has 28 heavy (non-hydrogen) atoms. The van der Waals surface area contributed by atoms with E-state index in [0.717, 1.165) is 51.4 Å². The molecule has 0 amide bonds. The Morgan fingerprint density at radius 3 is 2.36 bits per heavy atom. The Balaban J connectivity index is 1.65. The Hall–Kier alpha value is -0.610. The molecule has 4 fully saturated rings. The largest absolute Gasteiger partial charge is 0.481 e. The fourth-order valence-corrected chi connectivity index (χ4v) is 8.98. The topological polar surface area (TPSA) is 77.8 Å².